The minimum Gasteiger partial charge on any atom is -0.387 e. The SMILES string of the molecule is O=C(NCCS)c1ccc(C#CCO[C@H]2O[C@@H]3COC(c4ccccc4)O[C@H]3[C@H](O)[C@H]2O)cc1. The van der Waals surface area contributed by atoms with E-state index < -0.39 is 37.0 Å². The van der Waals surface area contributed by atoms with Gasteiger partial charge in [-0.3, -0.25) is 4.79 Å². The smallest absolute Gasteiger partial charge is 0.251 e. The Bertz CT molecular complexity index is 1010. The van der Waals surface area contributed by atoms with Gasteiger partial charge in [0.25, 0.3) is 5.91 Å². The summed E-state index contributed by atoms with van der Waals surface area (Å²) >= 11 is 4.06. The van der Waals surface area contributed by atoms with E-state index >= 15 is 0 Å². The molecule has 0 bridgehead atoms. The van der Waals surface area contributed by atoms with E-state index in [2.05, 4.69) is 29.8 Å². The van der Waals surface area contributed by atoms with E-state index in [1.54, 1.807) is 24.3 Å². The molecule has 8 nitrogen and oxygen atoms in total. The Labute approximate surface area is 203 Å². The van der Waals surface area contributed by atoms with Crippen LogP contribution in [0.4, 0.5) is 0 Å². The zero-order valence-electron chi connectivity index (χ0n) is 18.4. The largest absolute Gasteiger partial charge is 0.387 e. The van der Waals surface area contributed by atoms with Gasteiger partial charge in [-0.2, -0.15) is 12.6 Å². The first-order chi connectivity index (χ1) is 16.6. The number of aliphatic hydroxyl groups excluding tert-OH is 2. The van der Waals surface area contributed by atoms with Crippen LogP contribution in [0.5, 0.6) is 0 Å². The molecule has 2 aliphatic rings. The van der Waals surface area contributed by atoms with Crippen molar-refractivity contribution in [2.75, 3.05) is 25.5 Å². The second-order valence-electron chi connectivity index (χ2n) is 7.87. The van der Waals surface area contributed by atoms with Gasteiger partial charge in [0.2, 0.25) is 0 Å². The molecule has 2 saturated heterocycles. The number of hydrogen-bond acceptors (Lipinski definition) is 8. The molecular weight excluding hydrogens is 458 g/mol. The molecule has 2 aromatic rings. The molecule has 0 spiro atoms. The van der Waals surface area contributed by atoms with E-state index in [4.69, 9.17) is 18.9 Å². The van der Waals surface area contributed by atoms with Gasteiger partial charge in [0, 0.05) is 29.0 Å². The lowest BCUT2D eigenvalue weighted by Crippen LogP contribution is -2.62. The molecule has 1 unspecified atom stereocenters. The third-order valence-electron chi connectivity index (χ3n) is 5.50. The van der Waals surface area contributed by atoms with Crippen LogP contribution in [0.25, 0.3) is 0 Å². The molecule has 9 heteroatoms. The molecule has 3 N–H and O–H groups in total. The first-order valence-corrected chi connectivity index (χ1v) is 11.6. The van der Waals surface area contributed by atoms with Crippen LogP contribution >= 0.6 is 12.6 Å². The second-order valence-corrected chi connectivity index (χ2v) is 8.32. The van der Waals surface area contributed by atoms with E-state index in [1.807, 2.05) is 30.3 Å². The molecule has 2 heterocycles. The Morgan fingerprint density at radius 2 is 1.85 bits per heavy atom. The lowest BCUT2D eigenvalue weighted by molar-refractivity contribution is -0.359. The number of carbonyl (C=O) groups is 1. The molecule has 2 aromatic carbocycles. The molecule has 34 heavy (non-hydrogen) atoms. The number of benzene rings is 2. The van der Waals surface area contributed by atoms with Crippen LogP contribution in [0.2, 0.25) is 0 Å². The quantitative estimate of drug-likeness (QED) is 0.361. The van der Waals surface area contributed by atoms with Crippen molar-refractivity contribution in [3.05, 3.63) is 71.3 Å². The Hall–Kier alpha value is -2.42. The minimum atomic E-state index is -1.30. The summed E-state index contributed by atoms with van der Waals surface area (Å²) in [4.78, 5) is 11.9. The number of thiol groups is 1. The summed E-state index contributed by atoms with van der Waals surface area (Å²) in [6.45, 7) is 0.663. The number of hydrogen-bond donors (Lipinski definition) is 4. The summed E-state index contributed by atoms with van der Waals surface area (Å²) in [7, 11) is 0. The fourth-order valence-corrected chi connectivity index (χ4v) is 3.84. The fourth-order valence-electron chi connectivity index (χ4n) is 3.73. The van der Waals surface area contributed by atoms with E-state index in [0.29, 0.717) is 23.4 Å². The number of rotatable bonds is 6. The predicted octanol–water partition coefficient (Wildman–Crippen LogP) is 1.28. The van der Waals surface area contributed by atoms with Crippen molar-refractivity contribution < 1.29 is 34.0 Å². The van der Waals surface area contributed by atoms with Crippen molar-refractivity contribution in [2.24, 2.45) is 0 Å². The molecule has 1 amide bonds. The van der Waals surface area contributed by atoms with Gasteiger partial charge in [0.05, 0.1) is 6.61 Å². The van der Waals surface area contributed by atoms with Gasteiger partial charge < -0.3 is 34.5 Å². The lowest BCUT2D eigenvalue weighted by atomic mass is 9.98. The summed E-state index contributed by atoms with van der Waals surface area (Å²) in [5, 5.41) is 23.8. The Kier molecular flexibility index (Phi) is 8.59. The molecule has 6 atom stereocenters. The van der Waals surface area contributed by atoms with Crippen molar-refractivity contribution in [1.82, 2.24) is 5.32 Å². The van der Waals surface area contributed by atoms with Gasteiger partial charge in [0.1, 0.15) is 31.0 Å². The highest BCUT2D eigenvalue weighted by Crippen LogP contribution is 2.34. The average molecular weight is 486 g/mol. The molecule has 4 rings (SSSR count). The maximum Gasteiger partial charge on any atom is 0.251 e. The van der Waals surface area contributed by atoms with Gasteiger partial charge in [-0.05, 0) is 24.3 Å². The van der Waals surface area contributed by atoms with Crippen molar-refractivity contribution in [3.8, 4) is 11.8 Å². The van der Waals surface area contributed by atoms with E-state index in [0.717, 1.165) is 5.56 Å². The van der Waals surface area contributed by atoms with Crippen molar-refractivity contribution in [2.45, 2.75) is 37.0 Å². The summed E-state index contributed by atoms with van der Waals surface area (Å²) in [5.74, 6) is 6.19. The number of ether oxygens (including phenoxy) is 4. The fraction of sp³-hybridized carbons (Fsp3) is 0.400. The van der Waals surface area contributed by atoms with Gasteiger partial charge in [0.15, 0.2) is 12.6 Å². The van der Waals surface area contributed by atoms with Crippen LogP contribution in [-0.2, 0) is 18.9 Å². The summed E-state index contributed by atoms with van der Waals surface area (Å²) in [5.41, 5.74) is 2.07. The zero-order chi connectivity index (χ0) is 23.9. The molecule has 0 aliphatic carbocycles. The third kappa shape index (κ3) is 5.98. The van der Waals surface area contributed by atoms with Crippen LogP contribution in [0, 0.1) is 11.8 Å². The molecule has 2 fully saturated rings. The van der Waals surface area contributed by atoms with Gasteiger partial charge in [-0.25, -0.2) is 0 Å². The van der Waals surface area contributed by atoms with E-state index in [-0.39, 0.29) is 19.1 Å². The number of nitrogens with one attached hydrogen (secondary N) is 1. The zero-order valence-corrected chi connectivity index (χ0v) is 19.3. The van der Waals surface area contributed by atoms with Gasteiger partial charge in [-0.15, -0.1) is 0 Å². The first kappa shape index (κ1) is 24.7. The molecule has 0 saturated carbocycles. The first-order valence-electron chi connectivity index (χ1n) is 11.0. The van der Waals surface area contributed by atoms with Crippen molar-refractivity contribution >= 4 is 18.5 Å². The Morgan fingerprint density at radius 3 is 2.59 bits per heavy atom. The number of fused-ring (bicyclic) bond motifs is 1. The number of amides is 1. The molecule has 180 valence electrons. The summed E-state index contributed by atoms with van der Waals surface area (Å²) in [6, 6.07) is 16.2. The van der Waals surface area contributed by atoms with Crippen LogP contribution < -0.4 is 5.32 Å². The number of aliphatic hydroxyl groups is 2. The maximum atomic E-state index is 11.9. The van der Waals surface area contributed by atoms with E-state index in [1.165, 1.54) is 0 Å². The van der Waals surface area contributed by atoms with Crippen molar-refractivity contribution in [1.29, 1.82) is 0 Å². The monoisotopic (exact) mass is 485 g/mol. The van der Waals surface area contributed by atoms with E-state index in [9.17, 15) is 15.0 Å². The van der Waals surface area contributed by atoms with Gasteiger partial charge >= 0.3 is 0 Å². The normalized spacial score (nSPS) is 28.3. The van der Waals surface area contributed by atoms with Crippen LogP contribution in [0.15, 0.2) is 54.6 Å². The summed E-state index contributed by atoms with van der Waals surface area (Å²) in [6.07, 6.45) is -5.54. The third-order valence-corrected chi connectivity index (χ3v) is 5.73. The lowest BCUT2D eigenvalue weighted by Gasteiger charge is -2.46. The standard InChI is InChI=1S/C25H27NO7S/c27-20-21(28)25(32-19-15-31-24(33-22(19)20)18-6-2-1-3-7-18)30-13-4-5-16-8-10-17(11-9-16)23(29)26-12-14-34/h1-3,6-11,19-22,24-25,27-28,34H,12-15H2,(H,26,29)/t19-,20-,21-,22-,24?,25+/m1/s1. The second kappa shape index (κ2) is 11.8. The molecule has 0 aromatic heterocycles. The maximum absolute atomic E-state index is 11.9. The highest BCUT2D eigenvalue weighted by Gasteiger charge is 2.49. The molecule has 0 radical (unpaired) electrons. The highest BCUT2D eigenvalue weighted by atomic mass is 32.1. The van der Waals surface area contributed by atoms with Crippen LogP contribution in [0.3, 0.4) is 0 Å². The van der Waals surface area contributed by atoms with Crippen molar-refractivity contribution in [3.63, 3.8) is 0 Å². The number of carbonyl (C=O) groups excluding carboxylic acids is 1. The average Bonchev–Trinajstić information content (AvgIpc) is 2.88. The minimum absolute atomic E-state index is 0.0234. The van der Waals surface area contributed by atoms with Crippen LogP contribution in [0.1, 0.15) is 27.8 Å². The van der Waals surface area contributed by atoms with Gasteiger partial charge in [-0.1, -0.05) is 42.2 Å². The topological polar surface area (TPSA) is 106 Å². The summed E-state index contributed by atoms with van der Waals surface area (Å²) < 4.78 is 23.0. The highest BCUT2D eigenvalue weighted by molar-refractivity contribution is 7.80. The Morgan fingerprint density at radius 1 is 1.09 bits per heavy atom. The molecule has 2 aliphatic heterocycles. The Balaban J connectivity index is 1.28. The predicted molar refractivity (Wildman–Crippen MR) is 126 cm³/mol. The molecular formula is C25H27NO7S. The van der Waals surface area contributed by atoms with Crippen LogP contribution in [-0.4, -0.2) is 72.3 Å².